The summed E-state index contributed by atoms with van der Waals surface area (Å²) in [4.78, 5) is 11.1. The maximum atomic E-state index is 4.43. The average molecular weight is 544 g/mol. The highest BCUT2D eigenvalue weighted by Gasteiger charge is 2.23. The van der Waals surface area contributed by atoms with Crippen LogP contribution in [0.1, 0.15) is 35.6 Å². The van der Waals surface area contributed by atoms with Gasteiger partial charge in [0.1, 0.15) is 0 Å². The van der Waals surface area contributed by atoms with Gasteiger partial charge in [0.2, 0.25) is 0 Å². The molecule has 7 heteroatoms. The predicted molar refractivity (Wildman–Crippen MR) is 141 cm³/mol. The minimum Gasteiger partial charge on any atom is -0.354 e. The second kappa shape index (κ2) is 12.6. The summed E-state index contributed by atoms with van der Waals surface area (Å²) in [7, 11) is 1.83. The van der Waals surface area contributed by atoms with E-state index in [0.29, 0.717) is 6.04 Å². The van der Waals surface area contributed by atoms with Crippen molar-refractivity contribution in [1.29, 1.82) is 0 Å². The number of guanidine groups is 1. The monoisotopic (exact) mass is 544 g/mol. The Hall–Kier alpha value is -2.39. The number of likely N-dealkylation sites (tertiary alicyclic amines) is 1. The van der Waals surface area contributed by atoms with Crippen molar-refractivity contribution in [3.63, 3.8) is 0 Å². The van der Waals surface area contributed by atoms with Crippen molar-refractivity contribution in [2.24, 2.45) is 4.99 Å². The van der Waals surface area contributed by atoms with E-state index >= 15 is 0 Å². The number of imidazole rings is 1. The number of rotatable bonds is 8. The Balaban J connectivity index is 0.00000289. The molecule has 4 rings (SSSR count). The van der Waals surface area contributed by atoms with E-state index in [1.165, 1.54) is 42.6 Å². The van der Waals surface area contributed by atoms with E-state index in [9.17, 15) is 0 Å². The molecule has 32 heavy (non-hydrogen) atoms. The van der Waals surface area contributed by atoms with Crippen molar-refractivity contribution >= 4 is 29.9 Å². The number of hydrogen-bond acceptors (Lipinski definition) is 3. The number of halogens is 1. The lowest BCUT2D eigenvalue weighted by Crippen LogP contribution is -2.42. The molecule has 0 radical (unpaired) electrons. The van der Waals surface area contributed by atoms with Crippen LogP contribution < -0.4 is 10.6 Å². The summed E-state index contributed by atoms with van der Waals surface area (Å²) in [6.07, 6.45) is 8.20. The number of hydrogen-bond donors (Lipinski definition) is 2. The number of nitrogens with zero attached hydrogens (tertiary/aromatic N) is 4. The van der Waals surface area contributed by atoms with Gasteiger partial charge in [0.15, 0.2) is 5.96 Å². The van der Waals surface area contributed by atoms with Crippen LogP contribution >= 0.6 is 24.0 Å². The van der Waals surface area contributed by atoms with Crippen LogP contribution in [-0.4, -0.2) is 47.1 Å². The Kier molecular flexibility index (Phi) is 9.55. The van der Waals surface area contributed by atoms with Crippen LogP contribution in [0.4, 0.5) is 0 Å². The third kappa shape index (κ3) is 6.80. The molecule has 1 aliphatic heterocycles. The van der Waals surface area contributed by atoms with Gasteiger partial charge in [0, 0.05) is 39.1 Å². The van der Waals surface area contributed by atoms with Crippen LogP contribution in [0.25, 0.3) is 0 Å². The molecule has 170 valence electrons. The van der Waals surface area contributed by atoms with Crippen molar-refractivity contribution in [3.8, 4) is 0 Å². The Morgan fingerprint density at radius 1 is 1.00 bits per heavy atom. The maximum Gasteiger partial charge on any atom is 0.191 e. The van der Waals surface area contributed by atoms with Gasteiger partial charge in [0.25, 0.3) is 0 Å². The molecule has 6 nitrogen and oxygen atoms in total. The van der Waals surface area contributed by atoms with Gasteiger partial charge >= 0.3 is 0 Å². The molecule has 0 spiro atoms. The van der Waals surface area contributed by atoms with Gasteiger partial charge in [-0.05, 0) is 42.6 Å². The molecule has 1 aromatic heterocycles. The number of benzene rings is 2. The number of nitrogens with one attached hydrogen (secondary N) is 2. The fraction of sp³-hybridized carbons (Fsp3) is 0.360. The van der Waals surface area contributed by atoms with Crippen LogP contribution in [0.5, 0.6) is 0 Å². The van der Waals surface area contributed by atoms with Crippen LogP contribution in [0.2, 0.25) is 0 Å². The summed E-state index contributed by atoms with van der Waals surface area (Å²) >= 11 is 0. The van der Waals surface area contributed by atoms with Crippen LogP contribution in [0.15, 0.2) is 78.3 Å². The van der Waals surface area contributed by atoms with Crippen LogP contribution in [0, 0.1) is 0 Å². The van der Waals surface area contributed by atoms with E-state index < -0.39 is 0 Å². The minimum absolute atomic E-state index is 0. The SMILES string of the molecule is CN=C(NCc1ccc(Cn2ccnc2)cc1)NCC(c1ccccc1)N1CCCC1.I. The molecule has 1 aliphatic rings. The Labute approximate surface area is 208 Å². The van der Waals surface area contributed by atoms with E-state index in [1.807, 2.05) is 25.8 Å². The first kappa shape index (κ1) is 24.3. The fourth-order valence-corrected chi connectivity index (χ4v) is 4.14. The number of aliphatic imine (C=N–C) groups is 1. The minimum atomic E-state index is 0. The summed E-state index contributed by atoms with van der Waals surface area (Å²) in [5, 5.41) is 7.00. The molecule has 0 bridgehead atoms. The first-order chi connectivity index (χ1) is 15.3. The summed E-state index contributed by atoms with van der Waals surface area (Å²) in [5.41, 5.74) is 3.86. The third-order valence-corrected chi connectivity index (χ3v) is 5.86. The molecule has 0 aliphatic carbocycles. The van der Waals surface area contributed by atoms with E-state index in [4.69, 9.17) is 0 Å². The average Bonchev–Trinajstić information content (AvgIpc) is 3.52. The van der Waals surface area contributed by atoms with Gasteiger partial charge in [-0.2, -0.15) is 0 Å². The van der Waals surface area contributed by atoms with Crippen molar-refractivity contribution in [2.45, 2.75) is 32.0 Å². The highest BCUT2D eigenvalue weighted by molar-refractivity contribution is 14.0. The zero-order chi connectivity index (χ0) is 21.3. The topological polar surface area (TPSA) is 57.5 Å². The summed E-state index contributed by atoms with van der Waals surface area (Å²) in [6, 6.07) is 19.8. The standard InChI is InChI=1S/C25H32N6.HI/c1-26-25(28-17-21-9-11-22(12-10-21)19-30-16-13-27-20-30)29-18-24(31-14-5-6-15-31)23-7-3-2-4-8-23;/h2-4,7-13,16,20,24H,5-6,14-15,17-19H2,1H3,(H2,26,28,29);1H. The second-order valence-corrected chi connectivity index (χ2v) is 8.03. The van der Waals surface area contributed by atoms with Gasteiger partial charge in [0.05, 0.1) is 12.4 Å². The Morgan fingerprint density at radius 3 is 2.38 bits per heavy atom. The van der Waals surface area contributed by atoms with Gasteiger partial charge < -0.3 is 15.2 Å². The van der Waals surface area contributed by atoms with E-state index in [2.05, 4.69) is 84.7 Å². The molecule has 1 saturated heterocycles. The van der Waals surface area contributed by atoms with Crippen LogP contribution in [0.3, 0.4) is 0 Å². The molecule has 2 N–H and O–H groups in total. The normalized spacial score (nSPS) is 15.2. The summed E-state index contributed by atoms with van der Waals surface area (Å²) in [6.45, 7) is 4.75. The van der Waals surface area contributed by atoms with Gasteiger partial charge in [-0.25, -0.2) is 4.98 Å². The summed E-state index contributed by atoms with van der Waals surface area (Å²) in [5.74, 6) is 0.836. The van der Waals surface area contributed by atoms with Gasteiger partial charge in [-0.3, -0.25) is 9.89 Å². The smallest absolute Gasteiger partial charge is 0.191 e. The summed E-state index contributed by atoms with van der Waals surface area (Å²) < 4.78 is 2.07. The third-order valence-electron chi connectivity index (χ3n) is 5.86. The first-order valence-electron chi connectivity index (χ1n) is 11.1. The van der Waals surface area contributed by atoms with Crippen molar-refractivity contribution in [3.05, 3.63) is 90.0 Å². The number of aromatic nitrogens is 2. The largest absolute Gasteiger partial charge is 0.354 e. The molecule has 1 unspecified atom stereocenters. The highest BCUT2D eigenvalue weighted by atomic mass is 127. The van der Waals surface area contributed by atoms with E-state index in [-0.39, 0.29) is 24.0 Å². The molecular formula is C25H33IN6. The lowest BCUT2D eigenvalue weighted by atomic mass is 10.1. The molecule has 3 aromatic rings. The second-order valence-electron chi connectivity index (χ2n) is 8.03. The molecule has 0 saturated carbocycles. The Morgan fingerprint density at radius 2 is 1.72 bits per heavy atom. The van der Waals surface area contributed by atoms with Gasteiger partial charge in [-0.1, -0.05) is 54.6 Å². The van der Waals surface area contributed by atoms with Crippen molar-refractivity contribution < 1.29 is 0 Å². The van der Waals surface area contributed by atoms with E-state index in [0.717, 1.165) is 25.6 Å². The van der Waals surface area contributed by atoms with Crippen LogP contribution in [-0.2, 0) is 13.1 Å². The molecule has 0 amide bonds. The highest BCUT2D eigenvalue weighted by Crippen LogP contribution is 2.24. The zero-order valence-corrected chi connectivity index (χ0v) is 21.0. The molecule has 1 atom stereocenters. The zero-order valence-electron chi connectivity index (χ0n) is 18.7. The van der Waals surface area contributed by atoms with Crippen molar-refractivity contribution in [1.82, 2.24) is 25.1 Å². The first-order valence-corrected chi connectivity index (χ1v) is 11.1. The lowest BCUT2D eigenvalue weighted by Gasteiger charge is -2.29. The quantitative estimate of drug-likeness (QED) is 0.255. The molecular weight excluding hydrogens is 511 g/mol. The van der Waals surface area contributed by atoms with Gasteiger partial charge in [-0.15, -0.1) is 24.0 Å². The predicted octanol–water partition coefficient (Wildman–Crippen LogP) is 4.05. The molecule has 1 fully saturated rings. The maximum absolute atomic E-state index is 4.43. The van der Waals surface area contributed by atoms with E-state index in [1.54, 1.807) is 0 Å². The Bertz CT molecular complexity index is 934. The molecule has 2 heterocycles. The van der Waals surface area contributed by atoms with Crippen molar-refractivity contribution in [2.75, 3.05) is 26.7 Å². The fourth-order valence-electron chi connectivity index (χ4n) is 4.14. The lowest BCUT2D eigenvalue weighted by molar-refractivity contribution is 0.245. The molecule has 2 aromatic carbocycles.